The molecule has 2 heterocycles. The number of anilines is 2. The molecule has 1 atom stereocenters. The van der Waals surface area contributed by atoms with E-state index in [9.17, 15) is 21.6 Å². The Balaban J connectivity index is 1.85. The molecule has 32 heavy (non-hydrogen) atoms. The number of ether oxygens (including phenoxy) is 1. The fourth-order valence-corrected chi connectivity index (χ4v) is 4.75. The van der Waals surface area contributed by atoms with Crippen LogP contribution in [0.3, 0.4) is 0 Å². The highest BCUT2D eigenvalue weighted by molar-refractivity contribution is 7.89. The van der Waals surface area contributed by atoms with E-state index in [0.717, 1.165) is 12.1 Å². The Morgan fingerprint density at radius 3 is 2.66 bits per heavy atom. The first-order chi connectivity index (χ1) is 14.9. The molecule has 0 bridgehead atoms. The van der Waals surface area contributed by atoms with Crippen LogP contribution in [0.15, 0.2) is 18.2 Å². The number of hydrogen-bond acceptors (Lipinski definition) is 7. The lowest BCUT2D eigenvalue weighted by Gasteiger charge is -2.19. The van der Waals surface area contributed by atoms with Crippen molar-refractivity contribution in [3.63, 3.8) is 0 Å². The highest BCUT2D eigenvalue weighted by Crippen LogP contribution is 2.35. The second-order valence-corrected chi connectivity index (χ2v) is 9.73. The molecule has 0 aliphatic carbocycles. The zero-order chi connectivity index (χ0) is 23.7. The zero-order valence-corrected chi connectivity index (χ0v) is 19.0. The van der Waals surface area contributed by atoms with Crippen molar-refractivity contribution in [2.45, 2.75) is 39.2 Å². The molecule has 2 aromatic rings. The molecule has 8 nitrogen and oxygen atoms in total. The lowest BCUT2D eigenvalue weighted by Crippen LogP contribution is -2.30. The molecular formula is C19H23ClF3N5O3S. The molecule has 0 fully saturated rings. The number of fused-ring (bicyclic) bond motifs is 1. The summed E-state index contributed by atoms with van der Waals surface area (Å²) < 4.78 is 71.1. The average molecular weight is 494 g/mol. The maximum Gasteiger partial charge on any atom is 0.416 e. The molecule has 3 N–H and O–H groups in total. The zero-order valence-electron chi connectivity index (χ0n) is 17.4. The normalized spacial score (nSPS) is 15.6. The van der Waals surface area contributed by atoms with Gasteiger partial charge >= 0.3 is 6.18 Å². The van der Waals surface area contributed by atoms with E-state index in [1.165, 1.54) is 10.4 Å². The number of benzene rings is 1. The van der Waals surface area contributed by atoms with Gasteiger partial charge in [-0.2, -0.15) is 17.5 Å². The fourth-order valence-electron chi connectivity index (χ4n) is 3.33. The Labute approximate surface area is 189 Å². The third-order valence-corrected chi connectivity index (χ3v) is 6.86. The van der Waals surface area contributed by atoms with Crippen LogP contribution in [0.5, 0.6) is 0 Å². The van der Waals surface area contributed by atoms with Crippen LogP contribution in [0.1, 0.15) is 42.3 Å². The molecule has 0 amide bonds. The van der Waals surface area contributed by atoms with Crippen LogP contribution >= 0.6 is 11.6 Å². The third-order valence-electron chi connectivity index (χ3n) is 4.97. The van der Waals surface area contributed by atoms with E-state index < -0.39 is 27.8 Å². The summed E-state index contributed by atoms with van der Waals surface area (Å²) in [6.07, 6.45) is -4.54. The van der Waals surface area contributed by atoms with Gasteiger partial charge in [0.15, 0.2) is 0 Å². The lowest BCUT2D eigenvalue weighted by atomic mass is 10.0. The number of alkyl halides is 3. The minimum absolute atomic E-state index is 0.0146. The van der Waals surface area contributed by atoms with Gasteiger partial charge < -0.3 is 15.8 Å². The SMILES string of the molecule is CCOCCS(=O)(=O)N1Cc2nc(Cl)nc(N[C@H](C)c3cc(N)cc(C(F)(F)F)c3)c2C1. The Bertz CT molecular complexity index is 1100. The molecule has 3 rings (SSSR count). The Kier molecular flexibility index (Phi) is 7.18. The van der Waals surface area contributed by atoms with Crippen LogP contribution in [-0.2, 0) is 34.0 Å². The molecule has 0 unspecified atom stereocenters. The molecule has 0 radical (unpaired) electrons. The van der Waals surface area contributed by atoms with Crippen LogP contribution < -0.4 is 11.1 Å². The summed E-state index contributed by atoms with van der Waals surface area (Å²) in [5.41, 5.74) is 6.01. The van der Waals surface area contributed by atoms with Crippen molar-refractivity contribution < 1.29 is 26.3 Å². The number of nitrogens with one attached hydrogen (secondary N) is 1. The second kappa shape index (κ2) is 9.38. The number of hydrogen-bond donors (Lipinski definition) is 2. The van der Waals surface area contributed by atoms with E-state index in [0.29, 0.717) is 23.4 Å². The number of rotatable bonds is 8. The summed E-state index contributed by atoms with van der Waals surface area (Å²) in [5.74, 6) is 0.0737. The summed E-state index contributed by atoms with van der Waals surface area (Å²) in [6.45, 7) is 3.92. The average Bonchev–Trinajstić information content (AvgIpc) is 3.12. The maximum absolute atomic E-state index is 13.2. The van der Waals surface area contributed by atoms with Crippen LogP contribution in [0.25, 0.3) is 0 Å². The van der Waals surface area contributed by atoms with Crippen LogP contribution in [0.4, 0.5) is 24.7 Å². The van der Waals surface area contributed by atoms with Crippen molar-refractivity contribution in [2.24, 2.45) is 0 Å². The van der Waals surface area contributed by atoms with Crippen LogP contribution in [0, 0.1) is 0 Å². The van der Waals surface area contributed by atoms with Gasteiger partial charge in [-0.3, -0.25) is 0 Å². The van der Waals surface area contributed by atoms with Gasteiger partial charge in [0.2, 0.25) is 15.3 Å². The van der Waals surface area contributed by atoms with Gasteiger partial charge in [-0.05, 0) is 49.2 Å². The molecule has 0 saturated heterocycles. The first-order valence-electron chi connectivity index (χ1n) is 9.75. The van der Waals surface area contributed by atoms with Crippen LogP contribution in [0.2, 0.25) is 5.28 Å². The summed E-state index contributed by atoms with van der Waals surface area (Å²) in [7, 11) is -3.61. The molecule has 0 spiro atoms. The number of nitrogens with two attached hydrogens (primary N) is 1. The lowest BCUT2D eigenvalue weighted by molar-refractivity contribution is -0.137. The van der Waals surface area contributed by atoms with Crippen molar-refractivity contribution >= 4 is 33.1 Å². The summed E-state index contributed by atoms with van der Waals surface area (Å²) in [4.78, 5) is 8.26. The van der Waals surface area contributed by atoms with Crippen molar-refractivity contribution in [2.75, 3.05) is 30.0 Å². The number of halogens is 4. The first-order valence-corrected chi connectivity index (χ1v) is 11.7. The summed E-state index contributed by atoms with van der Waals surface area (Å²) in [6, 6.07) is 2.67. The van der Waals surface area contributed by atoms with E-state index in [4.69, 9.17) is 22.1 Å². The standard InChI is InChI=1S/C19H23ClF3N5O3S/c1-3-31-4-5-32(29,30)28-9-15-16(10-28)26-18(20)27-17(15)25-11(2)12-6-13(19(21,22)23)8-14(24)7-12/h6-8,11H,3-5,9-10,24H2,1-2H3,(H,25,26,27)/t11-/m1/s1. The molecule has 13 heteroatoms. The van der Waals surface area contributed by atoms with Crippen LogP contribution in [-0.4, -0.2) is 41.7 Å². The molecular weight excluding hydrogens is 471 g/mol. The molecule has 176 valence electrons. The topological polar surface area (TPSA) is 110 Å². The van der Waals surface area contributed by atoms with E-state index in [2.05, 4.69) is 15.3 Å². The monoisotopic (exact) mass is 493 g/mol. The van der Waals surface area contributed by atoms with Gasteiger partial charge in [0, 0.05) is 24.4 Å². The summed E-state index contributed by atoms with van der Waals surface area (Å²) in [5, 5.41) is 2.92. The van der Waals surface area contributed by atoms with Gasteiger partial charge in [0.1, 0.15) is 5.82 Å². The summed E-state index contributed by atoms with van der Waals surface area (Å²) >= 11 is 6.01. The molecule has 1 aliphatic rings. The van der Waals surface area contributed by atoms with E-state index >= 15 is 0 Å². The molecule has 1 aromatic carbocycles. The minimum atomic E-state index is -4.54. The second-order valence-electron chi connectivity index (χ2n) is 7.30. The number of aromatic nitrogens is 2. The predicted octanol–water partition coefficient (Wildman–Crippen LogP) is 3.59. The van der Waals surface area contributed by atoms with Gasteiger partial charge in [-0.15, -0.1) is 0 Å². The first kappa shape index (κ1) is 24.5. The predicted molar refractivity (Wildman–Crippen MR) is 114 cm³/mol. The Morgan fingerprint density at radius 2 is 2.00 bits per heavy atom. The van der Waals surface area contributed by atoms with Gasteiger partial charge in [-0.25, -0.2) is 18.4 Å². The number of sulfonamides is 1. The largest absolute Gasteiger partial charge is 0.416 e. The molecule has 1 aliphatic heterocycles. The molecule has 0 saturated carbocycles. The van der Waals surface area contributed by atoms with Crippen molar-refractivity contribution in [1.29, 1.82) is 0 Å². The quantitative estimate of drug-likeness (QED) is 0.328. The van der Waals surface area contributed by atoms with Gasteiger partial charge in [0.05, 0.1) is 36.2 Å². The van der Waals surface area contributed by atoms with E-state index in [1.54, 1.807) is 13.8 Å². The Morgan fingerprint density at radius 1 is 1.28 bits per heavy atom. The fraction of sp³-hybridized carbons (Fsp3) is 0.474. The van der Waals surface area contributed by atoms with Gasteiger partial charge in [-0.1, -0.05) is 0 Å². The van der Waals surface area contributed by atoms with E-state index in [-0.39, 0.29) is 42.2 Å². The molecule has 1 aromatic heterocycles. The van der Waals surface area contributed by atoms with Crippen molar-refractivity contribution in [3.8, 4) is 0 Å². The minimum Gasteiger partial charge on any atom is -0.399 e. The highest BCUT2D eigenvalue weighted by Gasteiger charge is 2.34. The van der Waals surface area contributed by atoms with Crippen molar-refractivity contribution in [3.05, 3.63) is 45.9 Å². The van der Waals surface area contributed by atoms with E-state index in [1.807, 2.05) is 0 Å². The maximum atomic E-state index is 13.2. The number of nitrogen functional groups attached to an aromatic ring is 1. The smallest absolute Gasteiger partial charge is 0.399 e. The van der Waals surface area contributed by atoms with Gasteiger partial charge in [0.25, 0.3) is 0 Å². The Hall–Kier alpha value is -2.15. The third kappa shape index (κ3) is 5.61. The van der Waals surface area contributed by atoms with Crippen molar-refractivity contribution in [1.82, 2.24) is 14.3 Å². The number of nitrogens with zero attached hydrogens (tertiary/aromatic N) is 3. The highest BCUT2D eigenvalue weighted by atomic mass is 35.5.